The van der Waals surface area contributed by atoms with Crippen LogP contribution in [-0.4, -0.2) is 110 Å². The second kappa shape index (κ2) is 19.3. The van der Waals surface area contributed by atoms with Gasteiger partial charge in [0.15, 0.2) is 0 Å². The minimum absolute atomic E-state index is 0.152. The Kier molecular flexibility index (Phi) is 13.4. The van der Waals surface area contributed by atoms with Crippen LogP contribution in [0.3, 0.4) is 0 Å². The number of rotatable bonds is 12. The standard InChI is InChI=1S/C49H62N8O5/c1-5-56(41-17-26-62-27-18-41)45-30-38(29-42(35(45)4)47(59)50-31-43-33(2)28-34(3)51-48(43)60)36-10-12-39(13-11-36)54-22-24-55(25-23-54)40-14-19-53(20-15-40)32-37-8-6-7-9-44(37)57-21-16-46(58)52-49(57)61/h6-13,28-30,40-41H,5,14-27,31-32H2,1-4H3,(H,50,59)(H,51,60)(H,52,58,61). The van der Waals surface area contributed by atoms with E-state index in [0.29, 0.717) is 36.2 Å². The van der Waals surface area contributed by atoms with E-state index in [0.717, 1.165) is 136 Å². The average molecular weight is 843 g/mol. The number of benzene rings is 3. The smallest absolute Gasteiger partial charge is 0.328 e. The number of carbonyl (C=O) groups excluding carboxylic acids is 3. The molecule has 4 aliphatic heterocycles. The summed E-state index contributed by atoms with van der Waals surface area (Å²) in [6.45, 7) is 17.6. The number of imide groups is 1. The molecule has 0 saturated carbocycles. The molecule has 4 aliphatic rings. The number of aromatic nitrogens is 1. The van der Waals surface area contributed by atoms with E-state index in [4.69, 9.17) is 4.74 Å². The number of piperazine rings is 1. The summed E-state index contributed by atoms with van der Waals surface area (Å²) in [6.07, 6.45) is 4.43. The molecule has 0 spiro atoms. The summed E-state index contributed by atoms with van der Waals surface area (Å²) in [7, 11) is 0. The molecule has 0 bridgehead atoms. The van der Waals surface area contributed by atoms with Gasteiger partial charge >= 0.3 is 6.03 Å². The highest BCUT2D eigenvalue weighted by Crippen LogP contribution is 2.35. The number of carbonyl (C=O) groups is 3. The number of aromatic amines is 1. The number of nitrogens with one attached hydrogen (secondary N) is 3. The first kappa shape index (κ1) is 43.2. The Morgan fingerprint density at radius 1 is 0.839 bits per heavy atom. The van der Waals surface area contributed by atoms with Gasteiger partial charge < -0.3 is 24.8 Å². The second-order valence-electron chi connectivity index (χ2n) is 17.4. The minimum Gasteiger partial charge on any atom is -0.381 e. The molecule has 4 amide bonds. The highest BCUT2D eigenvalue weighted by atomic mass is 16.5. The lowest BCUT2D eigenvalue weighted by Gasteiger charge is -2.43. The highest BCUT2D eigenvalue weighted by molar-refractivity contribution is 6.06. The number of nitrogens with zero attached hydrogens (tertiary/aromatic N) is 5. The Bertz CT molecular complexity index is 2310. The molecule has 4 aromatic rings. The van der Waals surface area contributed by atoms with E-state index in [1.807, 2.05) is 51.1 Å². The first-order chi connectivity index (χ1) is 30.1. The third kappa shape index (κ3) is 9.60. The zero-order valence-electron chi connectivity index (χ0n) is 36.8. The molecule has 1 aromatic heterocycles. The molecule has 328 valence electrons. The number of amides is 4. The third-order valence-electron chi connectivity index (χ3n) is 13.5. The lowest BCUT2D eigenvalue weighted by atomic mass is 9.95. The van der Waals surface area contributed by atoms with Crippen LogP contribution in [0.2, 0.25) is 0 Å². The van der Waals surface area contributed by atoms with Crippen molar-refractivity contribution < 1.29 is 19.1 Å². The van der Waals surface area contributed by atoms with Crippen LogP contribution in [0.5, 0.6) is 0 Å². The van der Waals surface area contributed by atoms with Gasteiger partial charge in [0.1, 0.15) is 0 Å². The quantitative estimate of drug-likeness (QED) is 0.154. The predicted molar refractivity (Wildman–Crippen MR) is 245 cm³/mol. The van der Waals surface area contributed by atoms with Gasteiger partial charge in [-0.2, -0.15) is 0 Å². The van der Waals surface area contributed by atoms with Crippen LogP contribution < -0.4 is 30.9 Å². The number of hydrogen-bond donors (Lipinski definition) is 3. The van der Waals surface area contributed by atoms with Gasteiger partial charge in [-0.05, 0) is 131 Å². The molecule has 0 aliphatic carbocycles. The van der Waals surface area contributed by atoms with E-state index in [-0.39, 0.29) is 29.9 Å². The molecule has 0 radical (unpaired) electrons. The van der Waals surface area contributed by atoms with Crippen molar-refractivity contribution in [2.45, 2.75) is 85.0 Å². The number of piperidine rings is 1. The first-order valence-corrected chi connectivity index (χ1v) is 22.5. The highest BCUT2D eigenvalue weighted by Gasteiger charge is 2.30. The van der Waals surface area contributed by atoms with E-state index >= 15 is 0 Å². The summed E-state index contributed by atoms with van der Waals surface area (Å²) < 4.78 is 5.72. The van der Waals surface area contributed by atoms with Gasteiger partial charge in [0.2, 0.25) is 5.91 Å². The van der Waals surface area contributed by atoms with E-state index in [1.165, 1.54) is 5.69 Å². The van der Waals surface area contributed by atoms with Crippen LogP contribution in [0, 0.1) is 20.8 Å². The summed E-state index contributed by atoms with van der Waals surface area (Å²) >= 11 is 0. The fourth-order valence-corrected chi connectivity index (χ4v) is 9.98. The van der Waals surface area contributed by atoms with Crippen molar-refractivity contribution in [2.75, 3.05) is 80.3 Å². The van der Waals surface area contributed by atoms with Crippen LogP contribution in [0.1, 0.15) is 77.3 Å². The van der Waals surface area contributed by atoms with E-state index in [9.17, 15) is 19.2 Å². The molecular formula is C49H62N8O5. The number of likely N-dealkylation sites (tertiary alicyclic amines) is 1. The molecule has 4 fully saturated rings. The number of aryl methyl sites for hydroxylation is 2. The molecule has 13 nitrogen and oxygen atoms in total. The normalized spacial score (nSPS) is 18.5. The van der Waals surface area contributed by atoms with Gasteiger partial charge in [0, 0.05) is 118 Å². The molecule has 5 heterocycles. The fraction of sp³-hybridized carbons (Fsp3) is 0.469. The Morgan fingerprint density at radius 3 is 2.26 bits per heavy atom. The van der Waals surface area contributed by atoms with E-state index in [1.54, 1.807) is 4.90 Å². The van der Waals surface area contributed by atoms with Gasteiger partial charge in [0.05, 0.1) is 0 Å². The maximum absolute atomic E-state index is 14.0. The largest absolute Gasteiger partial charge is 0.381 e. The van der Waals surface area contributed by atoms with Crippen molar-refractivity contribution in [1.29, 1.82) is 0 Å². The molecule has 13 heteroatoms. The molecule has 3 N–H and O–H groups in total. The van der Waals surface area contributed by atoms with Crippen molar-refractivity contribution in [1.82, 2.24) is 25.4 Å². The van der Waals surface area contributed by atoms with E-state index in [2.05, 4.69) is 78.5 Å². The van der Waals surface area contributed by atoms with Gasteiger partial charge in [0.25, 0.3) is 11.5 Å². The summed E-state index contributed by atoms with van der Waals surface area (Å²) in [5.41, 5.74) is 9.92. The lowest BCUT2D eigenvalue weighted by molar-refractivity contribution is -0.120. The number of hydrogen-bond acceptors (Lipinski definition) is 9. The zero-order valence-corrected chi connectivity index (χ0v) is 36.8. The predicted octanol–water partition coefficient (Wildman–Crippen LogP) is 6.14. The second-order valence-corrected chi connectivity index (χ2v) is 17.4. The summed E-state index contributed by atoms with van der Waals surface area (Å²) in [6, 6.07) is 23.6. The molecule has 0 atom stereocenters. The Morgan fingerprint density at radius 2 is 1.56 bits per heavy atom. The number of anilines is 3. The Balaban J connectivity index is 0.911. The number of H-pyrrole nitrogens is 1. The van der Waals surface area contributed by atoms with Crippen molar-refractivity contribution in [3.05, 3.63) is 111 Å². The third-order valence-corrected chi connectivity index (χ3v) is 13.5. The minimum atomic E-state index is -0.339. The van der Waals surface area contributed by atoms with Crippen molar-refractivity contribution in [2.24, 2.45) is 0 Å². The van der Waals surface area contributed by atoms with Crippen molar-refractivity contribution in [3.63, 3.8) is 0 Å². The number of pyridine rings is 1. The maximum atomic E-state index is 14.0. The number of urea groups is 1. The Labute approximate surface area is 365 Å². The summed E-state index contributed by atoms with van der Waals surface area (Å²) in [5, 5.41) is 5.53. The molecule has 62 heavy (non-hydrogen) atoms. The average Bonchev–Trinajstić information content (AvgIpc) is 3.28. The molecule has 0 unspecified atom stereocenters. The van der Waals surface area contributed by atoms with Gasteiger partial charge in [-0.25, -0.2) is 4.79 Å². The van der Waals surface area contributed by atoms with Crippen LogP contribution >= 0.6 is 0 Å². The van der Waals surface area contributed by atoms with E-state index < -0.39 is 0 Å². The van der Waals surface area contributed by atoms with Gasteiger partial charge in [-0.15, -0.1) is 0 Å². The molecule has 4 saturated heterocycles. The first-order valence-electron chi connectivity index (χ1n) is 22.5. The van der Waals surface area contributed by atoms with Crippen molar-refractivity contribution in [3.8, 4) is 11.1 Å². The van der Waals surface area contributed by atoms with Crippen molar-refractivity contribution >= 4 is 34.9 Å². The molecule has 8 rings (SSSR count). The number of ether oxygens (including phenoxy) is 1. The molecular weight excluding hydrogens is 781 g/mol. The van der Waals surface area contributed by atoms with Gasteiger partial charge in [-0.1, -0.05) is 30.3 Å². The summed E-state index contributed by atoms with van der Waals surface area (Å²) in [5.74, 6) is -0.410. The van der Waals surface area contributed by atoms with Crippen LogP contribution in [-0.2, 0) is 22.6 Å². The zero-order chi connectivity index (χ0) is 43.3. The summed E-state index contributed by atoms with van der Waals surface area (Å²) in [4.78, 5) is 65.8. The number of para-hydroxylation sites is 1. The maximum Gasteiger partial charge on any atom is 0.328 e. The monoisotopic (exact) mass is 842 g/mol. The topological polar surface area (TPSA) is 134 Å². The van der Waals surface area contributed by atoms with Crippen LogP contribution in [0.25, 0.3) is 11.1 Å². The van der Waals surface area contributed by atoms with Gasteiger partial charge in [-0.3, -0.25) is 34.4 Å². The molecule has 3 aromatic carbocycles. The fourth-order valence-electron chi connectivity index (χ4n) is 9.98. The van der Waals surface area contributed by atoms with Crippen LogP contribution in [0.4, 0.5) is 21.9 Å². The van der Waals surface area contributed by atoms with Crippen LogP contribution in [0.15, 0.2) is 71.5 Å². The Hall–Kier alpha value is -5.50. The SMILES string of the molecule is CCN(c1cc(-c2ccc(N3CCN(C4CCN(Cc5ccccc5N5CCC(=O)NC5=O)CC4)CC3)cc2)cc(C(=O)NCc2c(C)cc(C)[nH]c2=O)c1C)C1CCOCC1. The lowest BCUT2D eigenvalue weighted by Crippen LogP contribution is -2.53.